The predicted octanol–water partition coefficient (Wildman–Crippen LogP) is 1.19. The van der Waals surface area contributed by atoms with E-state index in [1.165, 1.54) is 0 Å². The predicted molar refractivity (Wildman–Crippen MR) is 52.8 cm³/mol. The molecule has 74 valence electrons. The number of aliphatic hydroxyl groups is 2. The molecule has 1 aromatic rings. The van der Waals surface area contributed by atoms with Crippen LogP contribution in [0, 0.1) is 11.3 Å². The Balaban J connectivity index is 2.82. The molecule has 1 aromatic carbocycles. The van der Waals surface area contributed by atoms with Crippen LogP contribution >= 0.6 is 11.6 Å². The summed E-state index contributed by atoms with van der Waals surface area (Å²) in [6, 6.07) is 8.32. The average Bonchev–Trinajstić information content (AvgIpc) is 2.27. The fraction of sp³-hybridized carbons (Fsp3) is 0.300. The van der Waals surface area contributed by atoms with Gasteiger partial charge >= 0.3 is 0 Å². The van der Waals surface area contributed by atoms with E-state index in [0.717, 1.165) is 0 Å². The highest BCUT2D eigenvalue weighted by atomic mass is 35.5. The highest BCUT2D eigenvalue weighted by Gasteiger charge is 2.16. The van der Waals surface area contributed by atoms with Crippen LogP contribution in [-0.2, 0) is 0 Å². The van der Waals surface area contributed by atoms with Crippen molar-refractivity contribution in [2.75, 3.05) is 5.88 Å². The van der Waals surface area contributed by atoms with Gasteiger partial charge in [-0.2, -0.15) is 5.26 Å². The monoisotopic (exact) mass is 211 g/mol. The van der Waals surface area contributed by atoms with E-state index in [-0.39, 0.29) is 5.88 Å². The Labute approximate surface area is 87.2 Å². The van der Waals surface area contributed by atoms with Gasteiger partial charge in [0.1, 0.15) is 6.10 Å². The standard InChI is InChI=1S/C10H10ClNO2/c11-5-9(13)10(14)8-3-1-7(6-12)2-4-8/h1-4,9-10,13-14H,5H2. The van der Waals surface area contributed by atoms with Gasteiger partial charge in [-0.3, -0.25) is 0 Å². The van der Waals surface area contributed by atoms with Crippen molar-refractivity contribution in [1.29, 1.82) is 5.26 Å². The first-order valence-corrected chi connectivity index (χ1v) is 4.64. The first-order chi connectivity index (χ1) is 6.69. The third kappa shape index (κ3) is 2.46. The van der Waals surface area contributed by atoms with Crippen molar-refractivity contribution < 1.29 is 10.2 Å². The largest absolute Gasteiger partial charge is 0.389 e. The minimum Gasteiger partial charge on any atom is -0.389 e. The van der Waals surface area contributed by atoms with Crippen molar-refractivity contribution in [2.24, 2.45) is 0 Å². The van der Waals surface area contributed by atoms with Gasteiger partial charge in [-0.1, -0.05) is 12.1 Å². The van der Waals surface area contributed by atoms with Crippen molar-refractivity contribution in [3.8, 4) is 6.07 Å². The van der Waals surface area contributed by atoms with E-state index in [0.29, 0.717) is 11.1 Å². The third-order valence-corrected chi connectivity index (χ3v) is 2.22. The van der Waals surface area contributed by atoms with E-state index in [4.69, 9.17) is 16.9 Å². The summed E-state index contributed by atoms with van der Waals surface area (Å²) in [6.07, 6.45) is -1.98. The fourth-order valence-electron chi connectivity index (χ4n) is 1.06. The third-order valence-electron chi connectivity index (χ3n) is 1.90. The van der Waals surface area contributed by atoms with Crippen molar-refractivity contribution in [3.05, 3.63) is 35.4 Å². The number of halogens is 1. The number of rotatable bonds is 3. The van der Waals surface area contributed by atoms with Gasteiger partial charge in [0.25, 0.3) is 0 Å². The van der Waals surface area contributed by atoms with Gasteiger partial charge in [0.15, 0.2) is 0 Å². The zero-order chi connectivity index (χ0) is 10.6. The topological polar surface area (TPSA) is 64.2 Å². The van der Waals surface area contributed by atoms with Crippen LogP contribution in [0.5, 0.6) is 0 Å². The molecule has 3 nitrogen and oxygen atoms in total. The number of hydrogen-bond acceptors (Lipinski definition) is 3. The van der Waals surface area contributed by atoms with Crippen molar-refractivity contribution >= 4 is 11.6 Å². The molecule has 0 amide bonds. The van der Waals surface area contributed by atoms with Gasteiger partial charge in [0.2, 0.25) is 0 Å². The zero-order valence-electron chi connectivity index (χ0n) is 7.39. The molecule has 0 heterocycles. The van der Waals surface area contributed by atoms with E-state index < -0.39 is 12.2 Å². The maximum atomic E-state index is 9.54. The molecule has 0 bridgehead atoms. The van der Waals surface area contributed by atoms with Crippen molar-refractivity contribution in [1.82, 2.24) is 0 Å². The SMILES string of the molecule is N#Cc1ccc(C(O)C(O)CCl)cc1. The average molecular weight is 212 g/mol. The number of alkyl halides is 1. The smallest absolute Gasteiger partial charge is 0.106 e. The van der Waals surface area contributed by atoms with Crippen LogP contribution in [0.15, 0.2) is 24.3 Å². The molecule has 2 N–H and O–H groups in total. The lowest BCUT2D eigenvalue weighted by molar-refractivity contribution is 0.0327. The molecule has 0 spiro atoms. The van der Waals surface area contributed by atoms with Crippen LogP contribution in [0.4, 0.5) is 0 Å². The zero-order valence-corrected chi connectivity index (χ0v) is 8.15. The summed E-state index contributed by atoms with van der Waals surface area (Å²) < 4.78 is 0. The Morgan fingerprint density at radius 1 is 1.29 bits per heavy atom. The van der Waals surface area contributed by atoms with E-state index in [2.05, 4.69) is 0 Å². The maximum absolute atomic E-state index is 9.54. The Bertz CT molecular complexity index is 331. The quantitative estimate of drug-likeness (QED) is 0.739. The van der Waals surface area contributed by atoms with E-state index in [1.807, 2.05) is 6.07 Å². The molecule has 0 aromatic heterocycles. The molecule has 0 aliphatic carbocycles. The molecule has 0 saturated carbocycles. The number of nitriles is 1. The van der Waals surface area contributed by atoms with Gasteiger partial charge in [-0.15, -0.1) is 11.6 Å². The molecule has 0 saturated heterocycles. The lowest BCUT2D eigenvalue weighted by Crippen LogP contribution is -2.19. The first-order valence-electron chi connectivity index (χ1n) is 4.11. The molecular weight excluding hydrogens is 202 g/mol. The number of hydrogen-bond donors (Lipinski definition) is 2. The molecule has 1 rings (SSSR count). The van der Waals surface area contributed by atoms with Crippen LogP contribution in [0.3, 0.4) is 0 Å². The summed E-state index contributed by atoms with van der Waals surface area (Å²) in [5.74, 6) is -0.0266. The first kappa shape index (κ1) is 11.0. The van der Waals surface area contributed by atoms with E-state index >= 15 is 0 Å². The number of nitrogens with zero attached hydrogens (tertiary/aromatic N) is 1. The summed E-state index contributed by atoms with van der Waals surface area (Å²) in [5.41, 5.74) is 1.07. The lowest BCUT2D eigenvalue weighted by Gasteiger charge is -2.15. The number of aliphatic hydroxyl groups excluding tert-OH is 2. The molecular formula is C10H10ClNO2. The minimum absolute atomic E-state index is 0.0266. The normalized spacial score (nSPS) is 14.4. The maximum Gasteiger partial charge on any atom is 0.106 e. The molecule has 2 atom stereocenters. The van der Waals surface area contributed by atoms with Gasteiger partial charge in [-0.25, -0.2) is 0 Å². The van der Waals surface area contributed by atoms with Gasteiger partial charge < -0.3 is 10.2 Å². The molecule has 0 radical (unpaired) electrons. The second-order valence-corrected chi connectivity index (χ2v) is 3.21. The van der Waals surface area contributed by atoms with Gasteiger partial charge in [0, 0.05) is 0 Å². The summed E-state index contributed by atoms with van der Waals surface area (Å²) in [7, 11) is 0. The molecule has 0 aliphatic heterocycles. The highest BCUT2D eigenvalue weighted by Crippen LogP contribution is 2.17. The Morgan fingerprint density at radius 3 is 2.29 bits per heavy atom. The van der Waals surface area contributed by atoms with Gasteiger partial charge in [-0.05, 0) is 17.7 Å². The second-order valence-electron chi connectivity index (χ2n) is 2.90. The molecule has 0 aliphatic rings. The molecule has 14 heavy (non-hydrogen) atoms. The summed E-state index contributed by atoms with van der Waals surface area (Å²) >= 11 is 5.39. The Hall–Kier alpha value is -1.08. The fourth-order valence-corrected chi connectivity index (χ4v) is 1.23. The lowest BCUT2D eigenvalue weighted by atomic mass is 10.0. The van der Waals surface area contributed by atoms with Crippen molar-refractivity contribution in [2.45, 2.75) is 12.2 Å². The molecule has 0 fully saturated rings. The van der Waals surface area contributed by atoms with Crippen molar-refractivity contribution in [3.63, 3.8) is 0 Å². The van der Waals surface area contributed by atoms with Crippen LogP contribution < -0.4 is 0 Å². The van der Waals surface area contributed by atoms with Crippen LogP contribution in [0.2, 0.25) is 0 Å². The van der Waals surface area contributed by atoms with E-state index in [9.17, 15) is 10.2 Å². The van der Waals surface area contributed by atoms with Crippen LogP contribution in [0.1, 0.15) is 17.2 Å². The second kappa shape index (κ2) is 4.97. The number of benzene rings is 1. The van der Waals surface area contributed by atoms with E-state index in [1.54, 1.807) is 24.3 Å². The molecule has 2 unspecified atom stereocenters. The van der Waals surface area contributed by atoms with Gasteiger partial charge in [0.05, 0.1) is 23.6 Å². The summed E-state index contributed by atoms with van der Waals surface area (Å²) in [4.78, 5) is 0. The summed E-state index contributed by atoms with van der Waals surface area (Å²) in [5, 5.41) is 27.3. The summed E-state index contributed by atoms with van der Waals surface area (Å²) in [6.45, 7) is 0. The van der Waals surface area contributed by atoms with Crippen LogP contribution in [-0.4, -0.2) is 22.2 Å². The Morgan fingerprint density at radius 2 is 1.86 bits per heavy atom. The van der Waals surface area contributed by atoms with Crippen LogP contribution in [0.25, 0.3) is 0 Å². The minimum atomic E-state index is -1.000. The highest BCUT2D eigenvalue weighted by molar-refractivity contribution is 6.18. The molecule has 4 heteroatoms. The Kier molecular flexibility index (Phi) is 3.90.